The normalized spacial score (nSPS) is 9.45. The van der Waals surface area contributed by atoms with Crippen LogP contribution in [0.15, 0.2) is 0 Å². The van der Waals surface area contributed by atoms with Crippen LogP contribution in [0.4, 0.5) is 17.8 Å². The Morgan fingerprint density at radius 1 is 1.00 bits per heavy atom. The van der Waals surface area contributed by atoms with Crippen molar-refractivity contribution in [2.45, 2.75) is 13.8 Å². The fraction of sp³-hybridized carbons (Fsp3) is 0.545. The summed E-state index contributed by atoms with van der Waals surface area (Å²) in [5.41, 5.74) is 2.37. The lowest BCUT2D eigenvalue weighted by Crippen LogP contribution is -2.30. The molecule has 0 amide bonds. The van der Waals surface area contributed by atoms with Gasteiger partial charge in [0.05, 0.1) is 12.1 Å². The molecule has 9 nitrogen and oxygen atoms in total. The summed E-state index contributed by atoms with van der Waals surface area (Å²) >= 11 is 0. The topological polar surface area (TPSA) is 131 Å². The van der Waals surface area contributed by atoms with Crippen LogP contribution in [0.5, 0.6) is 0 Å². The molecular weight excluding hydrogens is 258 g/mol. The van der Waals surface area contributed by atoms with E-state index in [-0.39, 0.29) is 25.0 Å². The summed E-state index contributed by atoms with van der Waals surface area (Å²) in [4.78, 5) is 15.9. The van der Waals surface area contributed by atoms with Crippen LogP contribution >= 0.6 is 0 Å². The highest BCUT2D eigenvalue weighted by atomic mass is 15.4. The number of hydrogen-bond donors (Lipinski definition) is 2. The number of hydrazine groups is 1. The van der Waals surface area contributed by atoms with E-state index in [1.807, 2.05) is 30.9 Å². The molecule has 0 atom stereocenters. The predicted molar refractivity (Wildman–Crippen MR) is 74.6 cm³/mol. The van der Waals surface area contributed by atoms with Gasteiger partial charge in [0.2, 0.25) is 17.8 Å². The molecule has 1 aromatic heterocycles. The maximum atomic E-state index is 8.80. The Morgan fingerprint density at radius 2 is 1.50 bits per heavy atom. The van der Waals surface area contributed by atoms with Crippen LogP contribution in [0.2, 0.25) is 0 Å². The smallest absolute Gasteiger partial charge is 0.243 e. The number of nitrogens with zero attached hydrogens (tertiary/aromatic N) is 7. The van der Waals surface area contributed by atoms with Crippen molar-refractivity contribution in [2.24, 2.45) is 5.84 Å². The largest absolute Gasteiger partial charge is 0.341 e. The summed E-state index contributed by atoms with van der Waals surface area (Å²) < 4.78 is 0. The first-order valence-electron chi connectivity index (χ1n) is 6.16. The van der Waals surface area contributed by atoms with Gasteiger partial charge in [0.1, 0.15) is 13.1 Å². The monoisotopic (exact) mass is 275 g/mol. The van der Waals surface area contributed by atoms with Gasteiger partial charge in [0.25, 0.3) is 0 Å². The van der Waals surface area contributed by atoms with Crippen molar-refractivity contribution in [1.82, 2.24) is 15.0 Å². The molecule has 0 aromatic carbocycles. The van der Waals surface area contributed by atoms with Gasteiger partial charge in [-0.05, 0) is 13.8 Å². The third-order valence-electron chi connectivity index (χ3n) is 2.59. The number of aromatic nitrogens is 3. The molecule has 0 spiro atoms. The van der Waals surface area contributed by atoms with Crippen molar-refractivity contribution in [2.75, 3.05) is 41.4 Å². The standard InChI is InChI=1S/C11H17N9/c1-3-19(4-2)10-15-9(18-14)16-11(17-10)20(7-5-12)8-6-13/h3-4,7-8,14H2,1-2H3,(H,15,16,17,18). The van der Waals surface area contributed by atoms with Crippen molar-refractivity contribution >= 4 is 17.8 Å². The molecule has 0 saturated carbocycles. The van der Waals surface area contributed by atoms with Crippen LogP contribution in [-0.2, 0) is 0 Å². The fourth-order valence-corrected chi connectivity index (χ4v) is 1.58. The van der Waals surface area contributed by atoms with Gasteiger partial charge in [0.15, 0.2) is 0 Å². The molecule has 0 unspecified atom stereocenters. The maximum Gasteiger partial charge on any atom is 0.243 e. The minimum Gasteiger partial charge on any atom is -0.341 e. The molecule has 0 radical (unpaired) electrons. The van der Waals surface area contributed by atoms with Gasteiger partial charge in [-0.1, -0.05) is 0 Å². The van der Waals surface area contributed by atoms with Gasteiger partial charge in [-0.25, -0.2) is 5.84 Å². The highest BCUT2D eigenvalue weighted by Crippen LogP contribution is 2.15. The number of anilines is 3. The lowest BCUT2D eigenvalue weighted by molar-refractivity contribution is 0.797. The zero-order valence-electron chi connectivity index (χ0n) is 11.5. The predicted octanol–water partition coefficient (Wildman–Crippen LogP) is -0.143. The fourth-order valence-electron chi connectivity index (χ4n) is 1.58. The van der Waals surface area contributed by atoms with Crippen LogP contribution in [0.25, 0.3) is 0 Å². The van der Waals surface area contributed by atoms with Crippen LogP contribution in [0.3, 0.4) is 0 Å². The number of hydrogen-bond acceptors (Lipinski definition) is 9. The molecule has 0 aliphatic rings. The van der Waals surface area contributed by atoms with Crippen LogP contribution < -0.4 is 21.1 Å². The van der Waals surface area contributed by atoms with E-state index in [1.165, 1.54) is 4.90 Å². The molecule has 1 rings (SSSR count). The summed E-state index contributed by atoms with van der Waals surface area (Å²) in [6.45, 7) is 5.43. The Kier molecular flexibility index (Phi) is 5.94. The molecule has 0 fully saturated rings. The van der Waals surface area contributed by atoms with Gasteiger partial charge in [-0.2, -0.15) is 25.5 Å². The minimum atomic E-state index is 0.0132. The minimum absolute atomic E-state index is 0.0132. The maximum absolute atomic E-state index is 8.80. The number of rotatable bonds is 7. The van der Waals surface area contributed by atoms with Crippen molar-refractivity contribution < 1.29 is 0 Å². The van der Waals surface area contributed by atoms with E-state index in [1.54, 1.807) is 0 Å². The van der Waals surface area contributed by atoms with Crippen molar-refractivity contribution in [3.05, 3.63) is 0 Å². The average molecular weight is 275 g/mol. The Morgan fingerprint density at radius 3 is 1.90 bits per heavy atom. The first-order valence-corrected chi connectivity index (χ1v) is 6.16. The van der Waals surface area contributed by atoms with E-state index < -0.39 is 0 Å². The zero-order valence-corrected chi connectivity index (χ0v) is 11.5. The summed E-state index contributed by atoms with van der Waals surface area (Å²) in [7, 11) is 0. The molecule has 0 saturated heterocycles. The van der Waals surface area contributed by atoms with Crippen molar-refractivity contribution in [3.63, 3.8) is 0 Å². The second kappa shape index (κ2) is 7.71. The second-order valence-corrected chi connectivity index (χ2v) is 3.75. The first kappa shape index (κ1) is 15.4. The SMILES string of the molecule is CCN(CC)c1nc(NN)nc(N(CC#N)CC#N)n1. The van der Waals surface area contributed by atoms with E-state index in [2.05, 4.69) is 20.4 Å². The molecule has 3 N–H and O–H groups in total. The van der Waals surface area contributed by atoms with Crippen LogP contribution in [0, 0.1) is 22.7 Å². The summed E-state index contributed by atoms with van der Waals surface area (Å²) in [6.07, 6.45) is 0. The van der Waals surface area contributed by atoms with Gasteiger partial charge in [-0.15, -0.1) is 0 Å². The van der Waals surface area contributed by atoms with Gasteiger partial charge in [0, 0.05) is 13.1 Å². The average Bonchev–Trinajstić information content (AvgIpc) is 2.48. The lowest BCUT2D eigenvalue weighted by atomic mass is 10.5. The molecule has 20 heavy (non-hydrogen) atoms. The number of nitrogens with two attached hydrogens (primary N) is 1. The molecular formula is C11H17N9. The molecule has 106 valence electrons. The Balaban J connectivity index is 3.21. The third kappa shape index (κ3) is 3.67. The Labute approximate surface area is 117 Å². The number of nitrogens with one attached hydrogen (secondary N) is 1. The van der Waals surface area contributed by atoms with Crippen molar-refractivity contribution in [1.29, 1.82) is 10.5 Å². The quantitative estimate of drug-likeness (QED) is 0.396. The molecule has 9 heteroatoms. The highest BCUT2D eigenvalue weighted by molar-refractivity contribution is 5.45. The summed E-state index contributed by atoms with van der Waals surface area (Å²) in [5.74, 6) is 6.24. The molecule has 0 aliphatic heterocycles. The Hall–Kier alpha value is -2.65. The van der Waals surface area contributed by atoms with Gasteiger partial charge >= 0.3 is 0 Å². The lowest BCUT2D eigenvalue weighted by Gasteiger charge is -2.22. The first-order chi connectivity index (χ1) is 9.69. The van der Waals surface area contributed by atoms with E-state index in [9.17, 15) is 0 Å². The zero-order chi connectivity index (χ0) is 15.0. The van der Waals surface area contributed by atoms with E-state index in [0.717, 1.165) is 13.1 Å². The van der Waals surface area contributed by atoms with E-state index in [0.29, 0.717) is 5.95 Å². The molecule has 0 aliphatic carbocycles. The van der Waals surface area contributed by atoms with Gasteiger partial charge < -0.3 is 9.80 Å². The van der Waals surface area contributed by atoms with Crippen molar-refractivity contribution in [3.8, 4) is 12.1 Å². The number of nitriles is 2. The van der Waals surface area contributed by atoms with Crippen LogP contribution in [0.1, 0.15) is 13.8 Å². The second-order valence-electron chi connectivity index (χ2n) is 3.75. The molecule has 0 bridgehead atoms. The summed E-state index contributed by atoms with van der Waals surface area (Å²) in [5, 5.41) is 17.6. The molecule has 1 aromatic rings. The van der Waals surface area contributed by atoms with Crippen LogP contribution in [-0.4, -0.2) is 41.1 Å². The highest BCUT2D eigenvalue weighted by Gasteiger charge is 2.15. The Bertz CT molecular complexity index is 496. The number of nitrogen functional groups attached to an aromatic ring is 1. The van der Waals surface area contributed by atoms with E-state index in [4.69, 9.17) is 16.4 Å². The third-order valence-corrected chi connectivity index (χ3v) is 2.59. The van der Waals surface area contributed by atoms with E-state index >= 15 is 0 Å². The summed E-state index contributed by atoms with van der Waals surface area (Å²) in [6, 6.07) is 3.95. The van der Waals surface area contributed by atoms with Gasteiger partial charge in [-0.3, -0.25) is 5.43 Å². The molecule has 1 heterocycles.